The van der Waals surface area contributed by atoms with Gasteiger partial charge in [-0.25, -0.2) is 10.8 Å². The van der Waals surface area contributed by atoms with Crippen LogP contribution in [0, 0.1) is 0 Å². The number of guanidine groups is 1. The highest BCUT2D eigenvalue weighted by Gasteiger charge is 2.13. The molecule has 5 nitrogen and oxygen atoms in total. The Morgan fingerprint density at radius 2 is 2.21 bits per heavy atom. The van der Waals surface area contributed by atoms with Crippen LogP contribution in [0.5, 0.6) is 0 Å². The Bertz CT molecular complexity index is 445. The molecule has 0 atom stereocenters. The van der Waals surface area contributed by atoms with Gasteiger partial charge in [-0.15, -0.1) is 0 Å². The van der Waals surface area contributed by atoms with Crippen molar-refractivity contribution in [3.8, 4) is 0 Å². The lowest BCUT2D eigenvalue weighted by Gasteiger charge is -2.20. The fraction of sp³-hybridized carbons (Fsp3) is 0.500. The molecule has 0 bridgehead atoms. The fourth-order valence-corrected chi connectivity index (χ4v) is 2.40. The molecule has 1 aliphatic rings. The molecule has 1 aliphatic carbocycles. The number of aryl methyl sites for hydroxylation is 1. The zero-order valence-corrected chi connectivity index (χ0v) is 11.4. The summed E-state index contributed by atoms with van der Waals surface area (Å²) < 4.78 is 4.97. The number of hydrazine groups is 1. The second-order valence-electron chi connectivity index (χ2n) is 4.64. The number of benzene rings is 1. The van der Waals surface area contributed by atoms with E-state index < -0.39 is 0 Å². The zero-order valence-electron chi connectivity index (χ0n) is 11.4. The Morgan fingerprint density at radius 1 is 1.37 bits per heavy atom. The summed E-state index contributed by atoms with van der Waals surface area (Å²) in [5.41, 5.74) is 6.53. The molecule has 1 aromatic carbocycles. The lowest BCUT2D eigenvalue weighted by molar-refractivity contribution is 0.208. The predicted molar refractivity (Wildman–Crippen MR) is 78.2 cm³/mol. The average Bonchev–Trinajstić information content (AvgIpc) is 2.46. The summed E-state index contributed by atoms with van der Waals surface area (Å²) in [4.78, 5) is 4.32. The SMILES string of the molecule is COCCN=C(NN)Nc1cccc2c1CCCC2. The van der Waals surface area contributed by atoms with Crippen LogP contribution in [0.4, 0.5) is 5.69 Å². The minimum atomic E-state index is 0.580. The highest BCUT2D eigenvalue weighted by atomic mass is 16.5. The predicted octanol–water partition coefficient (Wildman–Crippen LogP) is 1.44. The summed E-state index contributed by atoms with van der Waals surface area (Å²) in [6, 6.07) is 6.36. The quantitative estimate of drug-likeness (QED) is 0.252. The van der Waals surface area contributed by atoms with Crippen molar-refractivity contribution in [2.45, 2.75) is 25.7 Å². The summed E-state index contributed by atoms with van der Waals surface area (Å²) >= 11 is 0. The van der Waals surface area contributed by atoms with Gasteiger partial charge in [0.15, 0.2) is 0 Å². The minimum Gasteiger partial charge on any atom is -0.383 e. The first-order valence-electron chi connectivity index (χ1n) is 6.73. The molecule has 0 spiro atoms. The Kier molecular flexibility index (Phi) is 5.18. The number of hydrogen-bond acceptors (Lipinski definition) is 3. The Balaban J connectivity index is 2.11. The van der Waals surface area contributed by atoms with Crippen LogP contribution in [0.2, 0.25) is 0 Å². The van der Waals surface area contributed by atoms with Crippen molar-refractivity contribution in [3.63, 3.8) is 0 Å². The van der Waals surface area contributed by atoms with E-state index in [2.05, 4.69) is 33.9 Å². The van der Waals surface area contributed by atoms with E-state index in [-0.39, 0.29) is 0 Å². The van der Waals surface area contributed by atoms with Gasteiger partial charge in [0.1, 0.15) is 0 Å². The number of hydrogen-bond donors (Lipinski definition) is 3. The number of fused-ring (bicyclic) bond motifs is 1. The number of nitrogens with zero attached hydrogens (tertiary/aromatic N) is 1. The lowest BCUT2D eigenvalue weighted by Crippen LogP contribution is -2.37. The van der Waals surface area contributed by atoms with E-state index in [0.29, 0.717) is 19.1 Å². The molecule has 0 amide bonds. The summed E-state index contributed by atoms with van der Waals surface area (Å²) in [6.07, 6.45) is 4.81. The van der Waals surface area contributed by atoms with Crippen molar-refractivity contribution < 1.29 is 4.74 Å². The van der Waals surface area contributed by atoms with Crippen LogP contribution >= 0.6 is 0 Å². The fourth-order valence-electron chi connectivity index (χ4n) is 2.40. The van der Waals surface area contributed by atoms with E-state index in [1.807, 2.05) is 0 Å². The molecule has 0 unspecified atom stereocenters. The van der Waals surface area contributed by atoms with Gasteiger partial charge >= 0.3 is 0 Å². The molecule has 5 heteroatoms. The molecule has 0 aliphatic heterocycles. The van der Waals surface area contributed by atoms with E-state index in [9.17, 15) is 0 Å². The molecule has 2 rings (SSSR count). The Hall–Kier alpha value is -1.59. The van der Waals surface area contributed by atoms with Crippen molar-refractivity contribution in [3.05, 3.63) is 29.3 Å². The minimum absolute atomic E-state index is 0.580. The van der Waals surface area contributed by atoms with Crippen LogP contribution in [0.1, 0.15) is 24.0 Å². The molecular formula is C14H22N4O. The van der Waals surface area contributed by atoms with E-state index in [4.69, 9.17) is 10.6 Å². The monoisotopic (exact) mass is 262 g/mol. The van der Waals surface area contributed by atoms with Gasteiger partial charge in [0, 0.05) is 12.8 Å². The largest absolute Gasteiger partial charge is 0.383 e. The second-order valence-corrected chi connectivity index (χ2v) is 4.64. The second kappa shape index (κ2) is 7.11. The maximum atomic E-state index is 5.49. The van der Waals surface area contributed by atoms with Gasteiger partial charge in [-0.2, -0.15) is 0 Å². The van der Waals surface area contributed by atoms with Gasteiger partial charge in [-0.05, 0) is 42.9 Å². The van der Waals surface area contributed by atoms with Crippen molar-refractivity contribution in [1.29, 1.82) is 0 Å². The molecule has 0 heterocycles. The van der Waals surface area contributed by atoms with Crippen LogP contribution in [0.15, 0.2) is 23.2 Å². The first-order valence-corrected chi connectivity index (χ1v) is 6.73. The molecule has 19 heavy (non-hydrogen) atoms. The molecule has 4 N–H and O–H groups in total. The summed E-state index contributed by atoms with van der Waals surface area (Å²) in [5.74, 6) is 6.07. The maximum Gasteiger partial charge on any atom is 0.210 e. The number of anilines is 1. The first kappa shape index (κ1) is 13.8. The molecule has 0 fully saturated rings. The van der Waals surface area contributed by atoms with Crippen molar-refractivity contribution in [2.75, 3.05) is 25.6 Å². The maximum absolute atomic E-state index is 5.49. The van der Waals surface area contributed by atoms with Crippen LogP contribution < -0.4 is 16.6 Å². The third kappa shape index (κ3) is 3.68. The molecule has 104 valence electrons. The number of ether oxygens (including phenoxy) is 1. The number of aliphatic imine (C=N–C) groups is 1. The van der Waals surface area contributed by atoms with E-state index >= 15 is 0 Å². The standard InChI is InChI=1S/C14H22N4O/c1-19-10-9-16-14(18-15)17-13-8-4-6-11-5-2-3-7-12(11)13/h4,6,8H,2-3,5,7,9-10,15H2,1H3,(H2,16,17,18). The third-order valence-corrected chi connectivity index (χ3v) is 3.35. The molecular weight excluding hydrogens is 240 g/mol. The van der Waals surface area contributed by atoms with Crippen LogP contribution in [0.25, 0.3) is 0 Å². The highest BCUT2D eigenvalue weighted by molar-refractivity contribution is 5.94. The van der Waals surface area contributed by atoms with Crippen LogP contribution in [-0.4, -0.2) is 26.2 Å². The van der Waals surface area contributed by atoms with Gasteiger partial charge in [-0.3, -0.25) is 5.43 Å². The summed E-state index contributed by atoms with van der Waals surface area (Å²) in [5, 5.41) is 3.27. The first-order chi connectivity index (χ1) is 9.35. The summed E-state index contributed by atoms with van der Waals surface area (Å²) in [7, 11) is 1.66. The van der Waals surface area contributed by atoms with Crippen LogP contribution in [0.3, 0.4) is 0 Å². The van der Waals surface area contributed by atoms with E-state index in [0.717, 1.165) is 18.5 Å². The smallest absolute Gasteiger partial charge is 0.210 e. The lowest BCUT2D eigenvalue weighted by atomic mass is 9.90. The van der Waals surface area contributed by atoms with Crippen molar-refractivity contribution in [2.24, 2.45) is 10.8 Å². The number of rotatable bonds is 4. The number of methoxy groups -OCH3 is 1. The van der Waals surface area contributed by atoms with Crippen molar-refractivity contribution >= 4 is 11.6 Å². The topological polar surface area (TPSA) is 71.7 Å². The summed E-state index contributed by atoms with van der Waals surface area (Å²) in [6.45, 7) is 1.16. The van der Waals surface area contributed by atoms with E-state index in [1.54, 1.807) is 7.11 Å². The number of nitrogens with two attached hydrogens (primary N) is 1. The Morgan fingerprint density at radius 3 is 3.00 bits per heavy atom. The van der Waals surface area contributed by atoms with Crippen LogP contribution in [-0.2, 0) is 17.6 Å². The molecule has 0 radical (unpaired) electrons. The molecule has 0 saturated heterocycles. The highest BCUT2D eigenvalue weighted by Crippen LogP contribution is 2.27. The van der Waals surface area contributed by atoms with Crippen molar-refractivity contribution in [1.82, 2.24) is 5.43 Å². The average molecular weight is 262 g/mol. The van der Waals surface area contributed by atoms with Gasteiger partial charge in [0.25, 0.3) is 0 Å². The normalized spacial score (nSPS) is 14.9. The van der Waals surface area contributed by atoms with Gasteiger partial charge in [0.2, 0.25) is 5.96 Å². The van der Waals surface area contributed by atoms with Gasteiger partial charge in [0.05, 0.1) is 13.2 Å². The number of nitrogens with one attached hydrogen (secondary N) is 2. The van der Waals surface area contributed by atoms with Gasteiger partial charge in [-0.1, -0.05) is 12.1 Å². The van der Waals surface area contributed by atoms with E-state index in [1.165, 1.54) is 24.0 Å². The molecule has 0 aromatic heterocycles. The molecule has 0 saturated carbocycles. The third-order valence-electron chi connectivity index (χ3n) is 3.35. The zero-order chi connectivity index (χ0) is 13.5. The van der Waals surface area contributed by atoms with Gasteiger partial charge < -0.3 is 10.1 Å². The Labute approximate surface area is 114 Å². The molecule has 1 aromatic rings.